The molecule has 0 bridgehead atoms. The Labute approximate surface area is 227 Å². The molecule has 2 aromatic carbocycles. The van der Waals surface area contributed by atoms with Crippen molar-refractivity contribution in [1.82, 2.24) is 0 Å². The van der Waals surface area contributed by atoms with Crippen LogP contribution in [0.1, 0.15) is 120 Å². The van der Waals surface area contributed by atoms with Gasteiger partial charge in [0, 0.05) is 11.6 Å². The van der Waals surface area contributed by atoms with Crippen molar-refractivity contribution in [3.8, 4) is 5.75 Å². The molecule has 4 heteroatoms. The van der Waals surface area contributed by atoms with Gasteiger partial charge in [-0.1, -0.05) is 63.8 Å². The summed E-state index contributed by atoms with van der Waals surface area (Å²) in [5, 5.41) is 0. The number of ether oxygens (including phenoxy) is 1. The molecule has 1 fully saturated rings. The lowest BCUT2D eigenvalue weighted by Crippen LogP contribution is -2.15. The molecule has 0 amide bonds. The summed E-state index contributed by atoms with van der Waals surface area (Å²) in [5.41, 5.74) is 2.64. The molecule has 0 N–H and O–H groups in total. The Morgan fingerprint density at radius 3 is 2.37 bits per heavy atom. The van der Waals surface area contributed by atoms with Gasteiger partial charge in [0.2, 0.25) is 0 Å². The standard InChI is InChI=1S/C34H45F3O/c1-3-4-5-6-7-22-38-29-19-21-30(32(35)23-29)26-15-10-25(11-16-26)12-17-28-18-20-31(34(37)33(28)36)27-13-8-24(2)9-14-27/h13,18-21,23-26H,3-12,14-17,22H2,1-2H3. The van der Waals surface area contributed by atoms with Crippen molar-refractivity contribution < 1.29 is 17.9 Å². The lowest BCUT2D eigenvalue weighted by Gasteiger charge is -2.29. The fourth-order valence-electron chi connectivity index (χ4n) is 6.19. The molecule has 0 aromatic heterocycles. The van der Waals surface area contributed by atoms with Crippen LogP contribution in [0.2, 0.25) is 0 Å². The van der Waals surface area contributed by atoms with Crippen LogP contribution in [0.5, 0.6) is 5.75 Å². The van der Waals surface area contributed by atoms with Crippen LogP contribution in [-0.4, -0.2) is 6.61 Å². The number of benzene rings is 2. The summed E-state index contributed by atoms with van der Waals surface area (Å²) in [4.78, 5) is 0. The minimum atomic E-state index is -0.689. The maximum Gasteiger partial charge on any atom is 0.166 e. The Hall–Kier alpha value is -2.23. The van der Waals surface area contributed by atoms with Crippen LogP contribution < -0.4 is 4.74 Å². The molecular formula is C34H45F3O. The molecule has 1 unspecified atom stereocenters. The fourth-order valence-corrected chi connectivity index (χ4v) is 6.19. The maximum atomic E-state index is 14.9. The third kappa shape index (κ3) is 7.67. The van der Waals surface area contributed by atoms with Crippen LogP contribution in [-0.2, 0) is 6.42 Å². The molecule has 0 spiro atoms. The molecule has 1 nitrogen and oxygen atoms in total. The lowest BCUT2D eigenvalue weighted by atomic mass is 9.76. The largest absolute Gasteiger partial charge is 0.493 e. The van der Waals surface area contributed by atoms with Gasteiger partial charge in [0.05, 0.1) is 6.61 Å². The van der Waals surface area contributed by atoms with E-state index in [2.05, 4.69) is 19.9 Å². The quantitative estimate of drug-likeness (QED) is 0.250. The first-order valence-electron chi connectivity index (χ1n) is 15.0. The molecule has 0 radical (unpaired) electrons. The number of aryl methyl sites for hydroxylation is 1. The van der Waals surface area contributed by atoms with Crippen LogP contribution >= 0.6 is 0 Å². The third-order valence-electron chi connectivity index (χ3n) is 8.78. The monoisotopic (exact) mass is 526 g/mol. The zero-order chi connectivity index (χ0) is 26.9. The third-order valence-corrected chi connectivity index (χ3v) is 8.78. The zero-order valence-electron chi connectivity index (χ0n) is 23.3. The summed E-state index contributed by atoms with van der Waals surface area (Å²) < 4.78 is 50.4. The molecule has 2 aliphatic rings. The van der Waals surface area contributed by atoms with E-state index in [0.29, 0.717) is 41.7 Å². The molecule has 1 saturated carbocycles. The van der Waals surface area contributed by atoms with Crippen LogP contribution in [0, 0.1) is 29.3 Å². The molecule has 2 aliphatic carbocycles. The van der Waals surface area contributed by atoms with Crippen molar-refractivity contribution in [3.05, 3.63) is 70.5 Å². The van der Waals surface area contributed by atoms with Crippen LogP contribution in [0.25, 0.3) is 5.57 Å². The Bertz CT molecular complexity index is 1070. The number of rotatable bonds is 12. The summed E-state index contributed by atoms with van der Waals surface area (Å²) in [6, 6.07) is 8.90. The summed E-state index contributed by atoms with van der Waals surface area (Å²) in [5.74, 6) is 0.374. The molecule has 0 saturated heterocycles. The van der Waals surface area contributed by atoms with Crippen molar-refractivity contribution in [2.75, 3.05) is 6.61 Å². The van der Waals surface area contributed by atoms with Crippen molar-refractivity contribution in [2.45, 2.75) is 110 Å². The van der Waals surface area contributed by atoms with Crippen LogP contribution in [0.4, 0.5) is 13.2 Å². The summed E-state index contributed by atoms with van der Waals surface area (Å²) in [6.07, 6.45) is 16.0. The van der Waals surface area contributed by atoms with Gasteiger partial charge in [0.1, 0.15) is 11.6 Å². The van der Waals surface area contributed by atoms with E-state index >= 15 is 0 Å². The molecule has 1 atom stereocenters. The van der Waals surface area contributed by atoms with Crippen molar-refractivity contribution >= 4 is 5.57 Å². The second kappa shape index (κ2) is 14.2. The highest BCUT2D eigenvalue weighted by Gasteiger charge is 2.25. The van der Waals surface area contributed by atoms with Gasteiger partial charge < -0.3 is 4.74 Å². The van der Waals surface area contributed by atoms with E-state index < -0.39 is 11.6 Å². The number of allylic oxidation sites excluding steroid dienone is 2. The van der Waals surface area contributed by atoms with E-state index in [4.69, 9.17) is 4.74 Å². The maximum absolute atomic E-state index is 14.9. The first-order valence-corrected chi connectivity index (χ1v) is 15.0. The van der Waals surface area contributed by atoms with Gasteiger partial charge in [-0.15, -0.1) is 0 Å². The lowest BCUT2D eigenvalue weighted by molar-refractivity contribution is 0.298. The summed E-state index contributed by atoms with van der Waals surface area (Å²) in [7, 11) is 0. The van der Waals surface area contributed by atoms with Crippen LogP contribution in [0.3, 0.4) is 0 Å². The van der Waals surface area contributed by atoms with E-state index in [9.17, 15) is 13.2 Å². The minimum absolute atomic E-state index is 0.169. The number of hydrogen-bond acceptors (Lipinski definition) is 1. The van der Waals surface area contributed by atoms with Gasteiger partial charge in [-0.25, -0.2) is 13.2 Å². The Balaban J connectivity index is 1.24. The second-order valence-corrected chi connectivity index (χ2v) is 11.7. The van der Waals surface area contributed by atoms with Gasteiger partial charge in [-0.2, -0.15) is 0 Å². The molecule has 2 aromatic rings. The molecule has 208 valence electrons. The van der Waals surface area contributed by atoms with Crippen molar-refractivity contribution in [1.29, 1.82) is 0 Å². The number of unbranched alkanes of at least 4 members (excludes halogenated alkanes) is 4. The van der Waals surface area contributed by atoms with Crippen LogP contribution in [0.15, 0.2) is 36.4 Å². The van der Waals surface area contributed by atoms with Gasteiger partial charge in [0.15, 0.2) is 11.6 Å². The normalized spacial score (nSPS) is 21.8. The van der Waals surface area contributed by atoms with Crippen molar-refractivity contribution in [2.24, 2.45) is 11.8 Å². The van der Waals surface area contributed by atoms with Crippen molar-refractivity contribution in [3.63, 3.8) is 0 Å². The Morgan fingerprint density at radius 1 is 0.868 bits per heavy atom. The van der Waals surface area contributed by atoms with Gasteiger partial charge in [-0.3, -0.25) is 0 Å². The predicted octanol–water partition coefficient (Wildman–Crippen LogP) is 10.6. The molecule has 4 rings (SSSR count). The predicted molar refractivity (Wildman–Crippen MR) is 151 cm³/mol. The van der Waals surface area contributed by atoms with Gasteiger partial charge >= 0.3 is 0 Å². The summed E-state index contributed by atoms with van der Waals surface area (Å²) in [6.45, 7) is 5.03. The number of hydrogen-bond donors (Lipinski definition) is 0. The van der Waals surface area contributed by atoms with Gasteiger partial charge in [0.25, 0.3) is 0 Å². The first-order chi connectivity index (χ1) is 18.5. The van der Waals surface area contributed by atoms with E-state index in [1.54, 1.807) is 18.2 Å². The zero-order valence-corrected chi connectivity index (χ0v) is 23.3. The number of halogens is 3. The Morgan fingerprint density at radius 2 is 1.66 bits per heavy atom. The average molecular weight is 527 g/mol. The SMILES string of the molecule is CCCCCCCOc1ccc(C2CCC(CCc3ccc(C4=CCC(C)CC4)c(F)c3F)CC2)c(F)c1. The van der Waals surface area contributed by atoms with E-state index in [1.165, 1.54) is 19.3 Å². The Kier molecular flexibility index (Phi) is 10.8. The smallest absolute Gasteiger partial charge is 0.166 e. The highest BCUT2D eigenvalue weighted by atomic mass is 19.2. The molecule has 38 heavy (non-hydrogen) atoms. The second-order valence-electron chi connectivity index (χ2n) is 11.7. The van der Waals surface area contributed by atoms with E-state index in [1.807, 2.05) is 12.1 Å². The minimum Gasteiger partial charge on any atom is -0.493 e. The topological polar surface area (TPSA) is 9.23 Å². The average Bonchev–Trinajstić information content (AvgIpc) is 2.93. The fraction of sp³-hybridized carbons (Fsp3) is 0.588. The highest BCUT2D eigenvalue weighted by Crippen LogP contribution is 2.39. The van der Waals surface area contributed by atoms with Gasteiger partial charge in [-0.05, 0) is 105 Å². The highest BCUT2D eigenvalue weighted by molar-refractivity contribution is 5.67. The van der Waals surface area contributed by atoms with E-state index in [0.717, 1.165) is 75.3 Å². The molecular weight excluding hydrogens is 481 g/mol. The van der Waals surface area contributed by atoms with E-state index in [-0.39, 0.29) is 11.7 Å². The molecule has 0 heterocycles. The summed E-state index contributed by atoms with van der Waals surface area (Å²) >= 11 is 0. The molecule has 0 aliphatic heterocycles. The first kappa shape index (κ1) is 28.8.